The van der Waals surface area contributed by atoms with E-state index >= 15 is 4.39 Å². The van der Waals surface area contributed by atoms with E-state index in [2.05, 4.69) is 35.7 Å². The molecular weight excluding hydrogens is 792 g/mol. The van der Waals surface area contributed by atoms with E-state index in [9.17, 15) is 28.0 Å². The zero-order valence-corrected chi connectivity index (χ0v) is 35.1. The summed E-state index contributed by atoms with van der Waals surface area (Å²) in [5, 5.41) is 8.64. The van der Waals surface area contributed by atoms with Gasteiger partial charge in [-0.2, -0.15) is 13.8 Å². The third kappa shape index (κ3) is 8.70. The predicted octanol–water partition coefficient (Wildman–Crippen LogP) is 5.61. The Balaban J connectivity index is 0.793. The molecule has 326 valence electrons. The molecule has 4 amide bonds. The molecule has 1 atom stereocenters. The van der Waals surface area contributed by atoms with E-state index in [-0.39, 0.29) is 64.9 Å². The number of amides is 4. The van der Waals surface area contributed by atoms with Crippen molar-refractivity contribution in [3.05, 3.63) is 59.5 Å². The molecule has 3 aromatic rings. The first kappa shape index (κ1) is 42.2. The Labute approximate surface area is 353 Å². The van der Waals surface area contributed by atoms with Crippen LogP contribution in [0.25, 0.3) is 0 Å². The molecule has 2 aromatic carbocycles. The van der Waals surface area contributed by atoms with Gasteiger partial charge in [0, 0.05) is 50.7 Å². The van der Waals surface area contributed by atoms with E-state index in [1.165, 1.54) is 31.3 Å². The maximum absolute atomic E-state index is 15.3. The van der Waals surface area contributed by atoms with Crippen molar-refractivity contribution < 1.29 is 37.1 Å². The van der Waals surface area contributed by atoms with Gasteiger partial charge in [0.05, 0.1) is 37.1 Å². The van der Waals surface area contributed by atoms with Crippen molar-refractivity contribution in [2.75, 3.05) is 73.4 Å². The summed E-state index contributed by atoms with van der Waals surface area (Å²) >= 11 is 0. The average molecular weight is 846 g/mol. The molecule has 14 nitrogen and oxygen atoms in total. The first-order valence-electron chi connectivity index (χ1n) is 21.3. The number of benzene rings is 2. The van der Waals surface area contributed by atoms with Gasteiger partial charge in [-0.05, 0) is 119 Å². The molecule has 1 spiro atoms. The Morgan fingerprint density at radius 1 is 1.00 bits per heavy atom. The summed E-state index contributed by atoms with van der Waals surface area (Å²) in [6, 6.07) is 9.77. The molecule has 4 fully saturated rings. The van der Waals surface area contributed by atoms with Crippen LogP contribution in [0.2, 0.25) is 0 Å². The van der Waals surface area contributed by atoms with Crippen LogP contribution in [0, 0.1) is 17.2 Å². The number of ether oxygens (including phenoxy) is 1. The fourth-order valence-corrected chi connectivity index (χ4v) is 9.77. The van der Waals surface area contributed by atoms with Gasteiger partial charge in [-0.15, -0.1) is 0 Å². The minimum atomic E-state index is -3.60. The molecule has 5 heterocycles. The molecular formula is C44H54F3N9O5. The second kappa shape index (κ2) is 16.8. The van der Waals surface area contributed by atoms with E-state index in [1.54, 1.807) is 38.1 Å². The van der Waals surface area contributed by atoms with Crippen LogP contribution in [0.5, 0.6) is 5.75 Å². The van der Waals surface area contributed by atoms with Gasteiger partial charge >= 0.3 is 5.92 Å². The van der Waals surface area contributed by atoms with E-state index < -0.39 is 24.3 Å². The number of halogens is 3. The lowest BCUT2D eigenvalue weighted by molar-refractivity contribution is -0.140. The lowest BCUT2D eigenvalue weighted by Gasteiger charge is -2.52. The highest BCUT2D eigenvalue weighted by Crippen LogP contribution is 2.49. The van der Waals surface area contributed by atoms with Crippen molar-refractivity contribution in [1.82, 2.24) is 25.5 Å². The number of alkyl halides is 2. The molecule has 17 heteroatoms. The van der Waals surface area contributed by atoms with Crippen molar-refractivity contribution in [3.63, 3.8) is 0 Å². The molecule has 1 aromatic heterocycles. The Hall–Kier alpha value is -5.45. The highest BCUT2D eigenvalue weighted by Gasteiger charge is 2.48. The van der Waals surface area contributed by atoms with Gasteiger partial charge in [-0.25, -0.2) is 9.37 Å². The molecule has 3 saturated heterocycles. The number of likely N-dealkylation sites (tertiary alicyclic amines) is 1. The molecule has 0 bridgehead atoms. The van der Waals surface area contributed by atoms with Crippen LogP contribution in [0.3, 0.4) is 0 Å². The van der Waals surface area contributed by atoms with Crippen LogP contribution in [-0.4, -0.2) is 110 Å². The van der Waals surface area contributed by atoms with Gasteiger partial charge in [0.2, 0.25) is 17.8 Å². The largest absolute Gasteiger partial charge is 0.495 e. The van der Waals surface area contributed by atoms with Crippen molar-refractivity contribution in [1.29, 1.82) is 0 Å². The quantitative estimate of drug-likeness (QED) is 0.219. The maximum atomic E-state index is 15.3. The number of aromatic nitrogens is 2. The Morgan fingerprint density at radius 3 is 2.41 bits per heavy atom. The zero-order valence-electron chi connectivity index (χ0n) is 35.1. The van der Waals surface area contributed by atoms with E-state index in [4.69, 9.17) is 4.74 Å². The summed E-state index contributed by atoms with van der Waals surface area (Å²) in [6.45, 7) is 7.31. The number of imide groups is 1. The summed E-state index contributed by atoms with van der Waals surface area (Å²) in [5.41, 5.74) is 2.49. The summed E-state index contributed by atoms with van der Waals surface area (Å²) < 4.78 is 50.4. The smallest absolute Gasteiger partial charge is 0.342 e. The molecule has 8 rings (SSSR count). The monoisotopic (exact) mass is 845 g/mol. The third-order valence-corrected chi connectivity index (χ3v) is 13.4. The van der Waals surface area contributed by atoms with Crippen LogP contribution >= 0.6 is 0 Å². The van der Waals surface area contributed by atoms with Crippen LogP contribution < -0.4 is 35.4 Å². The number of hydrogen-bond donors (Lipinski definition) is 3. The topological polar surface area (TPSA) is 152 Å². The van der Waals surface area contributed by atoms with Gasteiger partial charge in [-0.1, -0.05) is 6.07 Å². The fourth-order valence-electron chi connectivity index (χ4n) is 9.77. The number of methoxy groups -OCH3 is 1. The molecule has 4 aliphatic heterocycles. The standard InChI is InChI=1S/C44H54F3N9O5/c1-26(2)56-25-44(46,47)41(60)53(3)35-23-48-42(52-38(35)56)50-33-8-5-29(20-36(33)61-4)39(58)49-30-21-43(22-30)13-17-54(18-14-43)24-27-11-15-55(16-12-27)34-9-6-28(19-32(34)45)31-7-10-37(57)51-40(31)59/h5-6,8-9,19-20,23,26-27,30-31H,7,10-18,21-22,24-25H2,1-4H3,(H,49,58)(H,48,50,52)(H,51,57,59). The molecule has 1 aliphatic carbocycles. The van der Waals surface area contributed by atoms with Crippen molar-refractivity contribution in [3.8, 4) is 5.75 Å². The summed E-state index contributed by atoms with van der Waals surface area (Å²) in [4.78, 5) is 65.5. The summed E-state index contributed by atoms with van der Waals surface area (Å²) in [6.07, 6.45) is 8.01. The maximum Gasteiger partial charge on any atom is 0.342 e. The second-order valence-corrected chi connectivity index (χ2v) is 17.8. The molecule has 1 unspecified atom stereocenters. The first-order valence-corrected chi connectivity index (χ1v) is 21.3. The third-order valence-electron chi connectivity index (χ3n) is 13.4. The number of rotatable bonds is 10. The van der Waals surface area contributed by atoms with E-state index in [1.807, 2.05) is 6.07 Å². The van der Waals surface area contributed by atoms with Gasteiger partial charge in [-0.3, -0.25) is 24.5 Å². The van der Waals surface area contributed by atoms with E-state index in [0.29, 0.717) is 40.6 Å². The Bertz CT molecular complexity index is 2180. The number of carbonyl (C=O) groups excluding carboxylic acids is 4. The molecule has 5 aliphatic rings. The minimum absolute atomic E-state index is 0.0833. The predicted molar refractivity (Wildman–Crippen MR) is 224 cm³/mol. The Morgan fingerprint density at radius 2 is 1.74 bits per heavy atom. The van der Waals surface area contributed by atoms with Crippen LogP contribution in [0.15, 0.2) is 42.6 Å². The van der Waals surface area contributed by atoms with Gasteiger partial charge in [0.25, 0.3) is 11.8 Å². The highest BCUT2D eigenvalue weighted by molar-refractivity contribution is 6.02. The van der Waals surface area contributed by atoms with Crippen molar-refractivity contribution >= 4 is 52.5 Å². The zero-order chi connectivity index (χ0) is 43.2. The van der Waals surface area contributed by atoms with Gasteiger partial charge in [0.1, 0.15) is 17.3 Å². The molecule has 3 N–H and O–H groups in total. The number of piperidine rings is 3. The molecule has 0 radical (unpaired) electrons. The number of hydrogen-bond acceptors (Lipinski definition) is 11. The highest BCUT2D eigenvalue weighted by atomic mass is 19.3. The second-order valence-electron chi connectivity index (χ2n) is 17.8. The summed E-state index contributed by atoms with van der Waals surface area (Å²) in [7, 11) is 2.77. The van der Waals surface area contributed by atoms with Gasteiger partial charge < -0.3 is 35.0 Å². The fraction of sp³-hybridized carbons (Fsp3) is 0.545. The SMILES string of the molecule is COc1cc(C(=O)NC2CC3(CCN(CC4CCN(c5ccc(C6CCC(=O)NC6=O)cc5F)CC4)CC3)C2)ccc1Nc1ncc2c(n1)N(C(C)C)CC(F)(F)C(=O)N2C. The molecule has 1 saturated carbocycles. The number of nitrogens with zero attached hydrogens (tertiary/aromatic N) is 6. The molecule has 61 heavy (non-hydrogen) atoms. The minimum Gasteiger partial charge on any atom is -0.495 e. The van der Waals surface area contributed by atoms with Crippen molar-refractivity contribution in [2.24, 2.45) is 11.3 Å². The average Bonchev–Trinajstić information content (AvgIpc) is 3.29. The van der Waals surface area contributed by atoms with E-state index in [0.717, 1.165) is 76.1 Å². The first-order chi connectivity index (χ1) is 29.1. The Kier molecular flexibility index (Phi) is 11.6. The lowest BCUT2D eigenvalue weighted by atomic mass is 9.60. The number of fused-ring (bicyclic) bond motifs is 1. The van der Waals surface area contributed by atoms with Gasteiger partial charge in [0.15, 0.2) is 5.82 Å². The van der Waals surface area contributed by atoms with Crippen LogP contribution in [0.4, 0.5) is 42.0 Å². The van der Waals surface area contributed by atoms with Crippen LogP contribution in [-0.2, 0) is 14.4 Å². The normalized spacial score (nSPS) is 22.1. The van der Waals surface area contributed by atoms with Crippen LogP contribution in [0.1, 0.15) is 87.1 Å². The summed E-state index contributed by atoms with van der Waals surface area (Å²) in [5.74, 6) is -5.36. The van der Waals surface area contributed by atoms with Crippen molar-refractivity contribution in [2.45, 2.75) is 89.1 Å². The number of carbonyl (C=O) groups is 4. The number of anilines is 5. The number of nitrogens with one attached hydrogen (secondary N) is 3. The lowest BCUT2D eigenvalue weighted by Crippen LogP contribution is -2.55.